The number of fused-ring (bicyclic) bond motifs is 13. The van der Waals surface area contributed by atoms with E-state index in [0.717, 1.165) is 56.2 Å². The highest BCUT2D eigenvalue weighted by molar-refractivity contribution is 5.97. The fourth-order valence-electron chi connectivity index (χ4n) is 10.6. The van der Waals surface area contributed by atoms with Crippen molar-refractivity contribution >= 4 is 17.1 Å². The molecule has 10 aromatic rings. The van der Waals surface area contributed by atoms with Gasteiger partial charge >= 0.3 is 0 Å². The Morgan fingerprint density at radius 3 is 1.30 bits per heavy atom. The third-order valence-corrected chi connectivity index (χ3v) is 13.3. The van der Waals surface area contributed by atoms with Gasteiger partial charge in [0, 0.05) is 23.0 Å². The molecule has 0 radical (unpaired) electrons. The van der Waals surface area contributed by atoms with Crippen molar-refractivity contribution < 1.29 is 9.47 Å². The fourth-order valence-corrected chi connectivity index (χ4v) is 10.6. The van der Waals surface area contributed by atoms with Crippen molar-refractivity contribution in [2.24, 2.45) is 0 Å². The highest BCUT2D eigenvalue weighted by Gasteiger charge is 2.54. The van der Waals surface area contributed by atoms with Crippen LogP contribution in [0.3, 0.4) is 0 Å². The van der Waals surface area contributed by atoms with Crippen LogP contribution in [0.2, 0.25) is 0 Å². The molecule has 10 aromatic carbocycles. The number of ether oxygens (including phenoxy) is 2. The predicted octanol–water partition coefficient (Wildman–Crippen LogP) is 16.4. The number of benzene rings is 10. The van der Waals surface area contributed by atoms with Crippen LogP contribution in [0.25, 0.3) is 55.6 Å². The fraction of sp³-hybridized carbons (Fsp3) is 0.0164. The van der Waals surface area contributed by atoms with Crippen molar-refractivity contribution in [3.05, 3.63) is 259 Å². The molecule has 13 rings (SSSR count). The monoisotopic (exact) mass is 817 g/mol. The lowest BCUT2D eigenvalue weighted by Crippen LogP contribution is -2.26. The zero-order valence-corrected chi connectivity index (χ0v) is 34.8. The summed E-state index contributed by atoms with van der Waals surface area (Å²) >= 11 is 0. The first-order chi connectivity index (χ1) is 31.7. The molecule has 0 atom stereocenters. The Morgan fingerprint density at radius 2 is 0.719 bits per heavy atom. The summed E-state index contributed by atoms with van der Waals surface area (Å²) in [7, 11) is 0. The van der Waals surface area contributed by atoms with Crippen LogP contribution >= 0.6 is 0 Å². The lowest BCUT2D eigenvalue weighted by atomic mass is 9.70. The second kappa shape index (κ2) is 14.3. The van der Waals surface area contributed by atoms with Crippen molar-refractivity contribution in [2.75, 3.05) is 4.90 Å². The van der Waals surface area contributed by atoms with Gasteiger partial charge in [-0.1, -0.05) is 188 Å². The molecule has 0 N–H and O–H groups in total. The van der Waals surface area contributed by atoms with Crippen LogP contribution in [-0.4, -0.2) is 0 Å². The van der Waals surface area contributed by atoms with Crippen LogP contribution in [0.5, 0.6) is 23.0 Å². The summed E-state index contributed by atoms with van der Waals surface area (Å²) in [6.45, 7) is 0. The molecule has 0 unspecified atom stereocenters. The molecule has 0 aromatic heterocycles. The van der Waals surface area contributed by atoms with Crippen LogP contribution in [0.15, 0.2) is 237 Å². The normalized spacial score (nSPS) is 13.1. The Balaban J connectivity index is 0.957. The van der Waals surface area contributed by atoms with Crippen LogP contribution in [0, 0.1) is 0 Å². The number of nitrogens with zero attached hydrogens (tertiary/aromatic N) is 1. The van der Waals surface area contributed by atoms with Crippen molar-refractivity contribution in [3.8, 4) is 78.6 Å². The van der Waals surface area contributed by atoms with Gasteiger partial charge in [0.2, 0.25) is 0 Å². The first kappa shape index (κ1) is 36.3. The largest absolute Gasteiger partial charge is 0.449 e. The zero-order chi connectivity index (χ0) is 42.2. The minimum Gasteiger partial charge on any atom is -0.449 e. The molecule has 2 aliphatic carbocycles. The molecule has 1 spiro atoms. The molecule has 300 valence electrons. The van der Waals surface area contributed by atoms with Gasteiger partial charge in [-0.05, 0) is 115 Å². The van der Waals surface area contributed by atoms with Crippen LogP contribution in [0.1, 0.15) is 22.3 Å². The van der Waals surface area contributed by atoms with E-state index in [-0.39, 0.29) is 0 Å². The maximum Gasteiger partial charge on any atom is 0.175 e. The first-order valence-electron chi connectivity index (χ1n) is 21.9. The van der Waals surface area contributed by atoms with E-state index in [4.69, 9.17) is 9.47 Å². The maximum absolute atomic E-state index is 7.31. The van der Waals surface area contributed by atoms with E-state index in [1.165, 1.54) is 44.5 Å². The predicted molar refractivity (Wildman–Crippen MR) is 260 cm³/mol. The molecule has 0 bridgehead atoms. The van der Waals surface area contributed by atoms with Crippen LogP contribution in [-0.2, 0) is 5.41 Å². The van der Waals surface area contributed by atoms with Gasteiger partial charge in [0.05, 0.1) is 11.1 Å². The Morgan fingerprint density at radius 1 is 0.281 bits per heavy atom. The van der Waals surface area contributed by atoms with E-state index in [1.807, 2.05) is 6.07 Å². The average Bonchev–Trinajstić information content (AvgIpc) is 3.84. The van der Waals surface area contributed by atoms with Gasteiger partial charge in [-0.2, -0.15) is 0 Å². The molecular formula is C61H39NO2. The number of hydrogen-bond acceptors (Lipinski definition) is 3. The second-order valence-electron chi connectivity index (χ2n) is 16.8. The van der Waals surface area contributed by atoms with Crippen molar-refractivity contribution in [2.45, 2.75) is 5.41 Å². The maximum atomic E-state index is 7.31. The molecule has 0 fully saturated rings. The molecule has 3 nitrogen and oxygen atoms in total. The molecule has 64 heavy (non-hydrogen) atoms. The molecule has 0 saturated heterocycles. The third-order valence-electron chi connectivity index (χ3n) is 13.3. The molecular weight excluding hydrogens is 779 g/mol. The van der Waals surface area contributed by atoms with Crippen LogP contribution in [0.4, 0.5) is 17.1 Å². The van der Waals surface area contributed by atoms with Crippen molar-refractivity contribution in [1.82, 2.24) is 0 Å². The van der Waals surface area contributed by atoms with Gasteiger partial charge in [0.1, 0.15) is 0 Å². The quantitative estimate of drug-likeness (QED) is 0.167. The summed E-state index contributed by atoms with van der Waals surface area (Å²) in [5.41, 5.74) is 19.2. The highest BCUT2D eigenvalue weighted by Crippen LogP contribution is 2.67. The van der Waals surface area contributed by atoms with E-state index in [9.17, 15) is 0 Å². The van der Waals surface area contributed by atoms with E-state index >= 15 is 0 Å². The second-order valence-corrected chi connectivity index (χ2v) is 16.8. The number of hydrogen-bond donors (Lipinski definition) is 0. The molecule has 1 aliphatic heterocycles. The Hall–Kier alpha value is -8.40. The summed E-state index contributed by atoms with van der Waals surface area (Å²) in [6.07, 6.45) is 0. The number of anilines is 3. The Labute approximate surface area is 372 Å². The van der Waals surface area contributed by atoms with Gasteiger partial charge in [0.25, 0.3) is 0 Å². The summed E-state index contributed by atoms with van der Waals surface area (Å²) in [4.78, 5) is 2.32. The van der Waals surface area contributed by atoms with Gasteiger partial charge in [0.15, 0.2) is 23.0 Å². The minimum atomic E-state index is -0.577. The average molecular weight is 818 g/mol. The third kappa shape index (κ3) is 5.47. The SMILES string of the molecule is c1ccc(-c2ccc(-c3cccc(N(c4cccc(-c5ccccc5)c4)c4ccc5c(c4)Oc4c(ccc6c4C4(c7ccccc7-c7ccccc74)c4ccccc4-6)O5)c3)cc2)cc1. The molecule has 0 saturated carbocycles. The summed E-state index contributed by atoms with van der Waals surface area (Å²) < 4.78 is 14.2. The summed E-state index contributed by atoms with van der Waals surface area (Å²) in [6, 6.07) is 84.7. The van der Waals surface area contributed by atoms with Crippen molar-refractivity contribution in [3.63, 3.8) is 0 Å². The van der Waals surface area contributed by atoms with Gasteiger partial charge in [-0.25, -0.2) is 0 Å². The molecule has 3 aliphatic rings. The van der Waals surface area contributed by atoms with E-state index in [1.54, 1.807) is 0 Å². The summed E-state index contributed by atoms with van der Waals surface area (Å²) in [5.74, 6) is 2.81. The van der Waals surface area contributed by atoms with Gasteiger partial charge in [-0.3, -0.25) is 0 Å². The minimum absolute atomic E-state index is 0.577. The number of rotatable bonds is 6. The molecule has 0 amide bonds. The first-order valence-corrected chi connectivity index (χ1v) is 21.9. The molecule has 1 heterocycles. The zero-order valence-electron chi connectivity index (χ0n) is 34.8. The standard InChI is InChI=1S/C61H39NO2/c1-3-15-40(16-4-1)42-29-31-43(32-30-42)45-20-14-22-47(38-45)62(46-21-13-19-44(37-46)41-17-5-2-6-18-41)48-33-35-56-58(39-48)64-60-57(63-56)36-34-52-51-25-9-12-28-55(51)61(59(52)60)53-26-10-7-23-49(53)50-24-8-11-27-54(50)61/h1-39H. The van der Waals surface area contributed by atoms with Crippen molar-refractivity contribution in [1.29, 1.82) is 0 Å². The Kier molecular flexibility index (Phi) is 8.13. The van der Waals surface area contributed by atoms with E-state index in [2.05, 4.69) is 235 Å². The summed E-state index contributed by atoms with van der Waals surface area (Å²) in [5, 5.41) is 0. The lowest BCUT2D eigenvalue weighted by Gasteiger charge is -2.33. The topological polar surface area (TPSA) is 21.7 Å². The Bertz CT molecular complexity index is 3380. The van der Waals surface area contributed by atoms with Gasteiger partial charge in [-0.15, -0.1) is 0 Å². The molecule has 3 heteroatoms. The van der Waals surface area contributed by atoms with E-state index < -0.39 is 5.41 Å². The highest BCUT2D eigenvalue weighted by atomic mass is 16.6. The van der Waals surface area contributed by atoms with Gasteiger partial charge < -0.3 is 14.4 Å². The lowest BCUT2D eigenvalue weighted by molar-refractivity contribution is 0.355. The van der Waals surface area contributed by atoms with E-state index in [0.29, 0.717) is 17.2 Å². The smallest absolute Gasteiger partial charge is 0.175 e. The van der Waals surface area contributed by atoms with Crippen LogP contribution < -0.4 is 14.4 Å².